The second-order valence-corrected chi connectivity index (χ2v) is 9.25. The number of unbranched alkanes of at least 4 members (excludes halogenated alkanes) is 1. The Kier molecular flexibility index (Phi) is 12.3. The molecule has 0 aliphatic rings. The summed E-state index contributed by atoms with van der Waals surface area (Å²) in [5, 5.41) is 10.9. The Morgan fingerprint density at radius 2 is 2.06 bits per heavy atom. The number of carbonyl (C=O) groups is 3. The molecular weight excluding hydrogens is 428 g/mol. The molecule has 0 bridgehead atoms. The number of aromatic nitrogens is 2. The third-order valence-corrected chi connectivity index (χ3v) is 6.63. The van der Waals surface area contributed by atoms with Crippen LogP contribution in [-0.2, 0) is 14.4 Å². The number of ketones is 1. The van der Waals surface area contributed by atoms with Crippen molar-refractivity contribution in [1.29, 1.82) is 0 Å². The molecule has 1 aromatic rings. The van der Waals surface area contributed by atoms with E-state index in [-0.39, 0.29) is 31.0 Å². The summed E-state index contributed by atoms with van der Waals surface area (Å²) in [6.45, 7) is 7.62. The minimum atomic E-state index is -1.48. The largest absolute Gasteiger partial charge is 0.480 e. The number of hydrazine groups is 1. The average Bonchev–Trinajstić information content (AvgIpc) is 3.30. The molecule has 1 heterocycles. The third-order valence-electron chi connectivity index (χ3n) is 5.63. The highest BCUT2D eigenvalue weighted by Gasteiger charge is 2.43. The van der Waals surface area contributed by atoms with E-state index in [1.807, 2.05) is 25.3 Å². The number of amides is 1. The van der Waals surface area contributed by atoms with Gasteiger partial charge in [0, 0.05) is 13.3 Å². The number of imidazole rings is 1. The molecule has 0 aliphatic carbocycles. The van der Waals surface area contributed by atoms with Crippen LogP contribution >= 0.6 is 11.8 Å². The molecule has 3 N–H and O–H groups in total. The van der Waals surface area contributed by atoms with Crippen molar-refractivity contribution in [2.45, 2.75) is 83.4 Å². The summed E-state index contributed by atoms with van der Waals surface area (Å²) in [7, 11) is 0. The fraction of sp³-hybridized carbons (Fsp3) is 0.652. The van der Waals surface area contributed by atoms with Gasteiger partial charge in [-0.05, 0) is 31.4 Å². The van der Waals surface area contributed by atoms with Crippen molar-refractivity contribution in [1.82, 2.24) is 15.4 Å². The molecule has 1 rings (SSSR count). The van der Waals surface area contributed by atoms with Gasteiger partial charge in [0.2, 0.25) is 5.91 Å². The maximum Gasteiger partial charge on any atom is 0.325 e. The second-order valence-electron chi connectivity index (χ2n) is 8.21. The summed E-state index contributed by atoms with van der Waals surface area (Å²) in [6, 6.07) is 0. The molecule has 0 aromatic carbocycles. The first-order valence-corrected chi connectivity index (χ1v) is 12.5. The van der Waals surface area contributed by atoms with Crippen molar-refractivity contribution in [3.63, 3.8) is 0 Å². The van der Waals surface area contributed by atoms with Gasteiger partial charge in [-0.1, -0.05) is 52.2 Å². The van der Waals surface area contributed by atoms with E-state index in [0.717, 1.165) is 19.3 Å². The monoisotopic (exact) mass is 466 g/mol. The summed E-state index contributed by atoms with van der Waals surface area (Å²) in [5.41, 5.74) is 1.47. The van der Waals surface area contributed by atoms with Crippen molar-refractivity contribution in [3.8, 4) is 0 Å². The highest BCUT2D eigenvalue weighted by molar-refractivity contribution is 7.99. The smallest absolute Gasteiger partial charge is 0.325 e. The van der Waals surface area contributed by atoms with Gasteiger partial charge in [-0.15, -0.1) is 0 Å². The standard InChI is InChI=1S/C23H38N4O4S/c1-6-8-13-23(22(30)31,26-27(18(4)28)21-15-24-16-25-21)14-20(32-5)19(29)12-10-9-11-17(3)7-2/h9-10,15-17,20,26H,6-8,11-14H2,1-5H3,(H,24,25)(H,30,31)/t17-,20?,23+/m0/s1. The molecule has 0 fully saturated rings. The number of thioether (sulfide) groups is 1. The molecule has 32 heavy (non-hydrogen) atoms. The topological polar surface area (TPSA) is 115 Å². The van der Waals surface area contributed by atoms with Crippen LogP contribution in [0.4, 0.5) is 5.82 Å². The van der Waals surface area contributed by atoms with Gasteiger partial charge >= 0.3 is 5.97 Å². The zero-order valence-corrected chi connectivity index (χ0v) is 20.7. The maximum atomic E-state index is 12.9. The number of allylic oxidation sites excluding steroid dienone is 2. The van der Waals surface area contributed by atoms with E-state index in [4.69, 9.17) is 0 Å². The first kappa shape index (κ1) is 27.9. The Bertz CT molecular complexity index is 753. The number of hydrogen-bond acceptors (Lipinski definition) is 6. The van der Waals surface area contributed by atoms with Crippen molar-refractivity contribution < 1.29 is 19.5 Å². The van der Waals surface area contributed by atoms with Gasteiger partial charge in [0.25, 0.3) is 0 Å². The van der Waals surface area contributed by atoms with Gasteiger partial charge in [0.05, 0.1) is 17.8 Å². The molecule has 3 atom stereocenters. The van der Waals surface area contributed by atoms with E-state index in [9.17, 15) is 19.5 Å². The Hall–Kier alpha value is -2.13. The molecule has 8 nitrogen and oxygen atoms in total. The Labute approximate surface area is 195 Å². The fourth-order valence-corrected chi connectivity index (χ4v) is 4.10. The minimum absolute atomic E-state index is 0.0160. The summed E-state index contributed by atoms with van der Waals surface area (Å²) < 4.78 is 0. The number of H-pyrrole nitrogens is 1. The van der Waals surface area contributed by atoms with E-state index in [0.29, 0.717) is 18.2 Å². The van der Waals surface area contributed by atoms with Gasteiger partial charge in [-0.2, -0.15) is 11.8 Å². The SMILES string of the molecule is CCCC[C@](CC(SC)C(=O)CC=CC[C@@H](C)CC)(NN(C(C)=O)c1cnc[nH]1)C(=O)O. The number of aliphatic carboxylic acids is 1. The molecule has 0 spiro atoms. The van der Waals surface area contributed by atoms with E-state index in [1.165, 1.54) is 36.2 Å². The lowest BCUT2D eigenvalue weighted by Gasteiger charge is -2.37. The predicted octanol–water partition coefficient (Wildman–Crippen LogP) is 4.35. The number of anilines is 1. The number of carboxylic acids is 1. The third kappa shape index (κ3) is 8.43. The van der Waals surface area contributed by atoms with Crippen LogP contribution < -0.4 is 10.4 Å². The van der Waals surface area contributed by atoms with Gasteiger partial charge in [-0.25, -0.2) is 15.4 Å². The van der Waals surface area contributed by atoms with E-state index >= 15 is 0 Å². The van der Waals surface area contributed by atoms with Crippen molar-refractivity contribution >= 4 is 35.2 Å². The number of rotatable bonds is 16. The number of Topliss-reactive ketones (excluding diaryl/α,β-unsaturated/α-hetero) is 1. The molecule has 1 aromatic heterocycles. The van der Waals surface area contributed by atoms with Crippen LogP contribution in [0.15, 0.2) is 24.7 Å². The Morgan fingerprint density at radius 1 is 1.34 bits per heavy atom. The highest BCUT2D eigenvalue weighted by atomic mass is 32.2. The van der Waals surface area contributed by atoms with Gasteiger partial charge in [0.15, 0.2) is 0 Å². The summed E-state index contributed by atoms with van der Waals surface area (Å²) >= 11 is 1.35. The zero-order valence-electron chi connectivity index (χ0n) is 19.9. The first-order valence-electron chi connectivity index (χ1n) is 11.2. The number of nitrogens with one attached hydrogen (secondary N) is 2. The normalized spacial score (nSPS) is 15.3. The number of hydrogen-bond donors (Lipinski definition) is 3. The lowest BCUT2D eigenvalue weighted by atomic mass is 9.86. The lowest BCUT2D eigenvalue weighted by molar-refractivity contribution is -0.146. The van der Waals surface area contributed by atoms with Crippen LogP contribution in [0.5, 0.6) is 0 Å². The van der Waals surface area contributed by atoms with Crippen molar-refractivity contribution in [2.24, 2.45) is 5.92 Å². The van der Waals surface area contributed by atoms with Crippen LogP contribution in [-0.4, -0.2) is 49.8 Å². The van der Waals surface area contributed by atoms with Crippen molar-refractivity contribution in [2.75, 3.05) is 11.3 Å². The molecule has 1 unspecified atom stereocenters. The predicted molar refractivity (Wildman–Crippen MR) is 130 cm³/mol. The van der Waals surface area contributed by atoms with E-state index in [1.54, 1.807) is 0 Å². The van der Waals surface area contributed by atoms with Crippen LogP contribution in [0.2, 0.25) is 0 Å². The van der Waals surface area contributed by atoms with Crippen LogP contribution in [0.3, 0.4) is 0 Å². The molecule has 0 radical (unpaired) electrons. The van der Waals surface area contributed by atoms with Gasteiger partial charge < -0.3 is 10.1 Å². The average molecular weight is 467 g/mol. The maximum absolute atomic E-state index is 12.9. The Balaban J connectivity index is 3.11. The number of carboxylic acid groups (broad SMARTS) is 1. The quantitative estimate of drug-likeness (QED) is 0.245. The van der Waals surface area contributed by atoms with Gasteiger partial charge in [-0.3, -0.25) is 14.4 Å². The highest BCUT2D eigenvalue weighted by Crippen LogP contribution is 2.29. The Morgan fingerprint density at radius 3 is 2.56 bits per heavy atom. The summed E-state index contributed by atoms with van der Waals surface area (Å²) in [4.78, 5) is 44.5. The molecule has 0 saturated carbocycles. The molecule has 180 valence electrons. The molecule has 0 aliphatic heterocycles. The second kappa shape index (κ2) is 14.1. The first-order chi connectivity index (χ1) is 15.2. The summed E-state index contributed by atoms with van der Waals surface area (Å²) in [6.07, 6.45) is 12.6. The molecule has 1 amide bonds. The van der Waals surface area contributed by atoms with Crippen molar-refractivity contribution in [3.05, 3.63) is 24.7 Å². The van der Waals surface area contributed by atoms with Gasteiger partial charge in [0.1, 0.15) is 17.1 Å². The summed E-state index contributed by atoms with van der Waals surface area (Å²) in [5.74, 6) is -0.569. The van der Waals surface area contributed by atoms with Crippen LogP contribution in [0, 0.1) is 5.92 Å². The minimum Gasteiger partial charge on any atom is -0.480 e. The molecular formula is C23H38N4O4S. The number of aromatic amines is 1. The van der Waals surface area contributed by atoms with E-state index in [2.05, 4.69) is 29.2 Å². The molecule has 0 saturated heterocycles. The number of nitrogens with zero attached hydrogens (tertiary/aromatic N) is 2. The molecule has 9 heteroatoms. The van der Waals surface area contributed by atoms with E-state index < -0.39 is 16.8 Å². The van der Waals surface area contributed by atoms with Crippen LogP contribution in [0.25, 0.3) is 0 Å². The zero-order chi connectivity index (χ0) is 24.1. The fourth-order valence-electron chi connectivity index (χ4n) is 3.29. The number of carbonyl (C=O) groups excluding carboxylic acids is 2. The van der Waals surface area contributed by atoms with Crippen LogP contribution in [0.1, 0.15) is 72.6 Å². The lowest BCUT2D eigenvalue weighted by Crippen LogP contribution is -2.62.